The molecule has 34 heavy (non-hydrogen) atoms. The number of ether oxygens (including phenoxy) is 2. The van der Waals surface area contributed by atoms with E-state index in [1.165, 1.54) is 10.9 Å². The van der Waals surface area contributed by atoms with Gasteiger partial charge in [0, 0.05) is 42.7 Å². The molecular formula is C25H26N4O4S. The quantitative estimate of drug-likeness (QED) is 0.247. The van der Waals surface area contributed by atoms with Gasteiger partial charge in [-0.3, -0.25) is 14.2 Å². The number of nitrogens with one attached hydrogen (secondary N) is 3. The van der Waals surface area contributed by atoms with Crippen LogP contribution in [0.25, 0.3) is 21.8 Å². The highest BCUT2D eigenvalue weighted by Crippen LogP contribution is 2.34. The van der Waals surface area contributed by atoms with E-state index in [4.69, 9.17) is 21.7 Å². The molecule has 5 rings (SSSR count). The SMILES string of the molecule is O=C(CCCCCn1c(=S)[nH]c2cc3c(cc2c1=O)OCO3)NCCc1c[nH]c2ccccc12. The lowest BCUT2D eigenvalue weighted by atomic mass is 10.1. The zero-order valence-electron chi connectivity index (χ0n) is 18.7. The lowest BCUT2D eigenvalue weighted by Crippen LogP contribution is -2.25. The summed E-state index contributed by atoms with van der Waals surface area (Å²) in [5.41, 5.74) is 2.81. The molecule has 176 valence electrons. The predicted octanol–water partition coefficient (Wildman–Crippen LogP) is 4.19. The second kappa shape index (κ2) is 9.72. The Morgan fingerprint density at radius 2 is 1.88 bits per heavy atom. The topological polar surface area (TPSA) is 101 Å². The molecule has 0 spiro atoms. The van der Waals surface area contributed by atoms with Crippen LogP contribution >= 0.6 is 12.2 Å². The molecule has 0 saturated heterocycles. The smallest absolute Gasteiger partial charge is 0.262 e. The molecule has 4 aromatic rings. The summed E-state index contributed by atoms with van der Waals surface area (Å²) >= 11 is 5.39. The van der Waals surface area contributed by atoms with E-state index in [0.29, 0.717) is 46.7 Å². The van der Waals surface area contributed by atoms with Crippen molar-refractivity contribution in [3.8, 4) is 11.5 Å². The number of hydrogen-bond acceptors (Lipinski definition) is 5. The molecular weight excluding hydrogens is 452 g/mol. The summed E-state index contributed by atoms with van der Waals surface area (Å²) in [6, 6.07) is 11.6. The normalized spacial score (nSPS) is 12.5. The predicted molar refractivity (Wildman–Crippen MR) is 133 cm³/mol. The van der Waals surface area contributed by atoms with E-state index in [0.717, 1.165) is 31.2 Å². The minimum Gasteiger partial charge on any atom is -0.454 e. The number of amides is 1. The summed E-state index contributed by atoms with van der Waals surface area (Å²) in [6.45, 7) is 1.26. The van der Waals surface area contributed by atoms with Gasteiger partial charge in [0.25, 0.3) is 5.56 Å². The standard InChI is InChI=1S/C25H26N4O4S/c30-23(26-10-9-16-14-27-19-7-4-3-6-17(16)19)8-2-1-5-11-29-24(31)18-12-21-22(33-15-32-21)13-20(18)28-25(29)34/h3-4,6-7,12-14,27H,1-2,5,8-11,15H2,(H,26,30)(H,28,34). The second-order valence-corrected chi connectivity index (χ2v) is 8.79. The summed E-state index contributed by atoms with van der Waals surface area (Å²) in [4.78, 5) is 31.5. The van der Waals surface area contributed by atoms with Crippen LogP contribution < -0.4 is 20.3 Å². The number of aromatic nitrogens is 3. The maximum Gasteiger partial charge on any atom is 0.262 e. The van der Waals surface area contributed by atoms with Crippen molar-refractivity contribution in [1.82, 2.24) is 19.9 Å². The van der Waals surface area contributed by atoms with Crippen LogP contribution in [0.15, 0.2) is 47.4 Å². The minimum absolute atomic E-state index is 0.0519. The van der Waals surface area contributed by atoms with E-state index in [-0.39, 0.29) is 18.3 Å². The molecule has 1 aliphatic heterocycles. The Balaban J connectivity index is 1.08. The van der Waals surface area contributed by atoms with E-state index < -0.39 is 0 Å². The Morgan fingerprint density at radius 1 is 1.06 bits per heavy atom. The summed E-state index contributed by atoms with van der Waals surface area (Å²) < 4.78 is 12.7. The molecule has 0 unspecified atom stereocenters. The lowest BCUT2D eigenvalue weighted by molar-refractivity contribution is -0.121. The highest BCUT2D eigenvalue weighted by atomic mass is 32.1. The van der Waals surface area contributed by atoms with Gasteiger partial charge in [0.2, 0.25) is 12.7 Å². The van der Waals surface area contributed by atoms with E-state index in [2.05, 4.69) is 21.4 Å². The maximum absolute atomic E-state index is 12.9. The van der Waals surface area contributed by atoms with Crippen LogP contribution in [-0.2, 0) is 17.8 Å². The number of benzene rings is 2. The van der Waals surface area contributed by atoms with Gasteiger partial charge in [0.05, 0.1) is 10.9 Å². The highest BCUT2D eigenvalue weighted by Gasteiger charge is 2.17. The van der Waals surface area contributed by atoms with Crippen molar-refractivity contribution in [3.63, 3.8) is 0 Å². The number of fused-ring (bicyclic) bond motifs is 3. The zero-order valence-corrected chi connectivity index (χ0v) is 19.5. The number of carbonyl (C=O) groups excluding carboxylic acids is 1. The molecule has 0 aliphatic carbocycles. The van der Waals surface area contributed by atoms with Crippen LogP contribution in [0.3, 0.4) is 0 Å². The monoisotopic (exact) mass is 478 g/mol. The summed E-state index contributed by atoms with van der Waals surface area (Å²) in [7, 11) is 0. The number of unbranched alkanes of at least 4 members (excludes halogenated alkanes) is 2. The van der Waals surface area contributed by atoms with Crippen molar-refractivity contribution in [2.45, 2.75) is 38.6 Å². The molecule has 1 amide bonds. The zero-order chi connectivity index (χ0) is 23.5. The van der Waals surface area contributed by atoms with Gasteiger partial charge in [0.1, 0.15) is 0 Å². The fourth-order valence-electron chi connectivity index (χ4n) is 4.34. The third-order valence-electron chi connectivity index (χ3n) is 6.15. The molecule has 2 aromatic heterocycles. The molecule has 2 aromatic carbocycles. The second-order valence-electron chi connectivity index (χ2n) is 8.41. The van der Waals surface area contributed by atoms with Crippen molar-refractivity contribution in [2.24, 2.45) is 0 Å². The molecule has 0 saturated carbocycles. The Kier molecular flexibility index (Phi) is 6.35. The molecule has 3 N–H and O–H groups in total. The van der Waals surface area contributed by atoms with E-state index in [9.17, 15) is 9.59 Å². The fraction of sp³-hybridized carbons (Fsp3) is 0.320. The minimum atomic E-state index is -0.146. The van der Waals surface area contributed by atoms with E-state index >= 15 is 0 Å². The van der Waals surface area contributed by atoms with Crippen LogP contribution in [-0.4, -0.2) is 33.8 Å². The third-order valence-corrected chi connectivity index (χ3v) is 6.47. The molecule has 0 radical (unpaired) electrons. The Morgan fingerprint density at radius 3 is 2.76 bits per heavy atom. The first-order valence-electron chi connectivity index (χ1n) is 11.5. The first-order chi connectivity index (χ1) is 16.6. The maximum atomic E-state index is 12.9. The number of H-pyrrole nitrogens is 2. The molecule has 9 heteroatoms. The fourth-order valence-corrected chi connectivity index (χ4v) is 4.63. The first-order valence-corrected chi connectivity index (χ1v) is 11.9. The van der Waals surface area contributed by atoms with Gasteiger partial charge in [-0.25, -0.2) is 0 Å². The number of aromatic amines is 2. The largest absolute Gasteiger partial charge is 0.454 e. The van der Waals surface area contributed by atoms with Gasteiger partial charge in [-0.2, -0.15) is 0 Å². The summed E-state index contributed by atoms with van der Waals surface area (Å²) in [5, 5.41) is 4.72. The molecule has 0 fully saturated rings. The summed E-state index contributed by atoms with van der Waals surface area (Å²) in [5.74, 6) is 1.23. The number of carbonyl (C=O) groups is 1. The third kappa shape index (κ3) is 4.56. The van der Waals surface area contributed by atoms with Crippen molar-refractivity contribution in [1.29, 1.82) is 0 Å². The van der Waals surface area contributed by atoms with Crippen molar-refractivity contribution < 1.29 is 14.3 Å². The molecule has 3 heterocycles. The lowest BCUT2D eigenvalue weighted by Gasteiger charge is -2.09. The van der Waals surface area contributed by atoms with Crippen LogP contribution in [0.4, 0.5) is 0 Å². The Labute approximate surface area is 200 Å². The van der Waals surface area contributed by atoms with Gasteiger partial charge in [-0.05, 0) is 49.2 Å². The van der Waals surface area contributed by atoms with Gasteiger partial charge in [0.15, 0.2) is 16.3 Å². The highest BCUT2D eigenvalue weighted by molar-refractivity contribution is 7.71. The van der Waals surface area contributed by atoms with Gasteiger partial charge >= 0.3 is 0 Å². The number of hydrogen-bond donors (Lipinski definition) is 3. The molecule has 0 atom stereocenters. The molecule has 8 nitrogen and oxygen atoms in total. The Bertz CT molecular complexity index is 1470. The number of nitrogens with zero attached hydrogens (tertiary/aromatic N) is 1. The van der Waals surface area contributed by atoms with Crippen LogP contribution in [0.1, 0.15) is 31.2 Å². The van der Waals surface area contributed by atoms with Gasteiger partial charge in [-0.1, -0.05) is 24.6 Å². The molecule has 0 bridgehead atoms. The van der Waals surface area contributed by atoms with Crippen molar-refractivity contribution >= 4 is 39.9 Å². The van der Waals surface area contributed by atoms with Crippen LogP contribution in [0.5, 0.6) is 11.5 Å². The first kappa shape index (κ1) is 22.2. The van der Waals surface area contributed by atoms with Gasteiger partial charge in [-0.15, -0.1) is 0 Å². The number of para-hydroxylation sites is 1. The van der Waals surface area contributed by atoms with Crippen molar-refractivity contribution in [3.05, 3.63) is 63.3 Å². The molecule has 1 aliphatic rings. The van der Waals surface area contributed by atoms with Crippen LogP contribution in [0, 0.1) is 4.77 Å². The van der Waals surface area contributed by atoms with E-state index in [1.54, 1.807) is 16.7 Å². The number of rotatable bonds is 9. The average Bonchev–Trinajstić information content (AvgIpc) is 3.46. The average molecular weight is 479 g/mol. The van der Waals surface area contributed by atoms with Crippen LogP contribution in [0.2, 0.25) is 0 Å². The summed E-state index contributed by atoms with van der Waals surface area (Å²) in [6.07, 6.45) is 5.61. The Hall–Kier alpha value is -3.59. The van der Waals surface area contributed by atoms with E-state index in [1.807, 2.05) is 24.4 Å². The van der Waals surface area contributed by atoms with Crippen molar-refractivity contribution in [2.75, 3.05) is 13.3 Å². The van der Waals surface area contributed by atoms with Gasteiger partial charge < -0.3 is 24.8 Å².